The summed E-state index contributed by atoms with van der Waals surface area (Å²) in [6, 6.07) is 50.2. The van der Waals surface area contributed by atoms with Gasteiger partial charge in [0.25, 0.3) is 0 Å². The summed E-state index contributed by atoms with van der Waals surface area (Å²) in [7, 11) is 0. The molecule has 0 aliphatic rings. The summed E-state index contributed by atoms with van der Waals surface area (Å²) < 4.78 is 6.44. The van der Waals surface area contributed by atoms with E-state index in [1.54, 1.807) is 0 Å². The first-order valence-corrected chi connectivity index (χ1v) is 13.8. The molecule has 0 saturated carbocycles. The lowest BCUT2D eigenvalue weighted by molar-refractivity contribution is 0.669. The number of furan rings is 1. The zero-order chi connectivity index (χ0) is 27.2. The minimum Gasteiger partial charge on any atom is -0.456 e. The Morgan fingerprint density at radius 3 is 1.85 bits per heavy atom. The molecule has 192 valence electrons. The van der Waals surface area contributed by atoms with E-state index in [1.807, 2.05) is 48.5 Å². The number of benzene rings is 6. The minimum atomic E-state index is 0.681. The van der Waals surface area contributed by atoms with E-state index in [4.69, 9.17) is 14.4 Å². The van der Waals surface area contributed by atoms with Crippen molar-refractivity contribution in [3.05, 3.63) is 146 Å². The van der Waals surface area contributed by atoms with Crippen LogP contribution >= 0.6 is 0 Å². The Morgan fingerprint density at radius 1 is 0.415 bits per heavy atom. The standard InChI is InChI=1S/C38H24N2O/c1-3-12-25(13-4-1)27-16-11-17-28(22-27)29-23-32(36-31-19-8-10-21-34(31)41-35(36)24-29)38-39-33-20-9-7-18-30(33)37(40-38)26-14-5-2-6-15-26/h1-24H. The quantitative estimate of drug-likeness (QED) is 0.230. The van der Waals surface area contributed by atoms with E-state index in [1.165, 1.54) is 11.1 Å². The smallest absolute Gasteiger partial charge is 0.161 e. The van der Waals surface area contributed by atoms with Crippen LogP contribution < -0.4 is 0 Å². The number of nitrogens with zero attached hydrogens (tertiary/aromatic N) is 2. The van der Waals surface area contributed by atoms with Crippen LogP contribution in [-0.2, 0) is 0 Å². The van der Waals surface area contributed by atoms with Crippen LogP contribution in [0.25, 0.3) is 77.7 Å². The molecule has 41 heavy (non-hydrogen) atoms. The zero-order valence-corrected chi connectivity index (χ0v) is 22.2. The van der Waals surface area contributed by atoms with Gasteiger partial charge in [-0.2, -0.15) is 0 Å². The van der Waals surface area contributed by atoms with Crippen LogP contribution in [0.5, 0.6) is 0 Å². The summed E-state index contributed by atoms with van der Waals surface area (Å²) in [4.78, 5) is 10.3. The van der Waals surface area contributed by atoms with Crippen molar-refractivity contribution in [2.75, 3.05) is 0 Å². The van der Waals surface area contributed by atoms with Crippen molar-refractivity contribution in [2.24, 2.45) is 0 Å². The Hall–Kier alpha value is -5.54. The fraction of sp³-hybridized carbons (Fsp3) is 0. The van der Waals surface area contributed by atoms with Crippen molar-refractivity contribution >= 4 is 32.8 Å². The molecule has 0 saturated heterocycles. The molecule has 0 N–H and O–H groups in total. The van der Waals surface area contributed by atoms with Crippen LogP contribution in [0.15, 0.2) is 150 Å². The third kappa shape index (κ3) is 4.07. The van der Waals surface area contributed by atoms with Crippen molar-refractivity contribution < 1.29 is 4.42 Å². The van der Waals surface area contributed by atoms with Crippen LogP contribution in [0, 0.1) is 0 Å². The van der Waals surface area contributed by atoms with Gasteiger partial charge in [-0.15, -0.1) is 0 Å². The predicted octanol–water partition coefficient (Wildman–Crippen LogP) is 10.2. The van der Waals surface area contributed by atoms with Gasteiger partial charge in [0.1, 0.15) is 11.2 Å². The maximum absolute atomic E-state index is 6.44. The Bertz CT molecular complexity index is 2200. The summed E-state index contributed by atoms with van der Waals surface area (Å²) in [6.07, 6.45) is 0. The fourth-order valence-corrected chi connectivity index (χ4v) is 5.72. The maximum atomic E-state index is 6.44. The Kier molecular flexibility index (Phi) is 5.46. The average Bonchev–Trinajstić information content (AvgIpc) is 3.43. The van der Waals surface area contributed by atoms with E-state index in [-0.39, 0.29) is 0 Å². The van der Waals surface area contributed by atoms with Crippen LogP contribution in [0.1, 0.15) is 0 Å². The molecule has 2 aromatic heterocycles. The van der Waals surface area contributed by atoms with Crippen molar-refractivity contribution in [1.82, 2.24) is 9.97 Å². The maximum Gasteiger partial charge on any atom is 0.161 e. The minimum absolute atomic E-state index is 0.681. The van der Waals surface area contributed by atoms with Crippen molar-refractivity contribution in [3.8, 4) is 44.9 Å². The molecule has 2 heterocycles. The van der Waals surface area contributed by atoms with Gasteiger partial charge in [-0.1, -0.05) is 115 Å². The lowest BCUT2D eigenvalue weighted by atomic mass is 9.95. The lowest BCUT2D eigenvalue weighted by Gasteiger charge is -2.12. The highest BCUT2D eigenvalue weighted by atomic mass is 16.3. The van der Waals surface area contributed by atoms with Gasteiger partial charge in [0.2, 0.25) is 0 Å². The zero-order valence-electron chi connectivity index (χ0n) is 22.2. The summed E-state index contributed by atoms with van der Waals surface area (Å²) in [5, 5.41) is 3.11. The van der Waals surface area contributed by atoms with E-state index < -0.39 is 0 Å². The van der Waals surface area contributed by atoms with E-state index in [9.17, 15) is 0 Å². The van der Waals surface area contributed by atoms with Gasteiger partial charge in [-0.3, -0.25) is 0 Å². The topological polar surface area (TPSA) is 38.9 Å². The van der Waals surface area contributed by atoms with Crippen molar-refractivity contribution in [2.45, 2.75) is 0 Å². The molecule has 0 fully saturated rings. The molecule has 6 aromatic carbocycles. The predicted molar refractivity (Wildman–Crippen MR) is 169 cm³/mol. The molecule has 0 unspecified atom stereocenters. The largest absolute Gasteiger partial charge is 0.456 e. The SMILES string of the molecule is c1ccc(-c2cccc(-c3cc(-c4nc(-c5ccccc5)c5ccccc5n4)c4c(c3)oc3ccccc34)c2)cc1. The average molecular weight is 525 g/mol. The lowest BCUT2D eigenvalue weighted by Crippen LogP contribution is -1.96. The van der Waals surface area contributed by atoms with Gasteiger partial charge >= 0.3 is 0 Å². The highest BCUT2D eigenvalue weighted by Crippen LogP contribution is 2.40. The third-order valence-corrected chi connectivity index (χ3v) is 7.67. The molecule has 3 nitrogen and oxygen atoms in total. The van der Waals surface area contributed by atoms with Gasteiger partial charge < -0.3 is 4.42 Å². The van der Waals surface area contributed by atoms with Gasteiger partial charge in [0.15, 0.2) is 5.82 Å². The summed E-state index contributed by atoms with van der Waals surface area (Å²) in [5.41, 5.74) is 10.0. The number of hydrogen-bond donors (Lipinski definition) is 0. The summed E-state index contributed by atoms with van der Waals surface area (Å²) in [6.45, 7) is 0. The Labute approximate surface area is 237 Å². The molecular weight excluding hydrogens is 500 g/mol. The summed E-state index contributed by atoms with van der Waals surface area (Å²) >= 11 is 0. The van der Waals surface area contributed by atoms with Crippen LogP contribution in [-0.4, -0.2) is 9.97 Å². The normalized spacial score (nSPS) is 11.4. The van der Waals surface area contributed by atoms with E-state index in [0.29, 0.717) is 5.82 Å². The highest BCUT2D eigenvalue weighted by Gasteiger charge is 2.19. The van der Waals surface area contributed by atoms with Crippen molar-refractivity contribution in [3.63, 3.8) is 0 Å². The Balaban J connectivity index is 1.42. The number of para-hydroxylation sites is 2. The third-order valence-electron chi connectivity index (χ3n) is 7.67. The molecule has 0 aliphatic carbocycles. The number of aromatic nitrogens is 2. The second-order valence-electron chi connectivity index (χ2n) is 10.2. The van der Waals surface area contributed by atoms with Crippen LogP contribution in [0.2, 0.25) is 0 Å². The molecule has 0 amide bonds. The van der Waals surface area contributed by atoms with Gasteiger partial charge in [-0.05, 0) is 52.6 Å². The summed E-state index contributed by atoms with van der Waals surface area (Å²) in [5.74, 6) is 0.681. The van der Waals surface area contributed by atoms with Gasteiger partial charge in [-0.25, -0.2) is 9.97 Å². The van der Waals surface area contributed by atoms with E-state index in [0.717, 1.165) is 60.8 Å². The number of hydrogen-bond acceptors (Lipinski definition) is 3. The second kappa shape index (κ2) is 9.58. The van der Waals surface area contributed by atoms with Crippen LogP contribution in [0.4, 0.5) is 0 Å². The first-order valence-electron chi connectivity index (χ1n) is 13.8. The van der Waals surface area contributed by atoms with Crippen LogP contribution in [0.3, 0.4) is 0 Å². The monoisotopic (exact) mass is 524 g/mol. The number of rotatable bonds is 4. The Morgan fingerprint density at radius 2 is 1.05 bits per heavy atom. The second-order valence-corrected chi connectivity index (χ2v) is 10.2. The fourth-order valence-electron chi connectivity index (χ4n) is 5.72. The van der Waals surface area contributed by atoms with E-state index >= 15 is 0 Å². The molecule has 0 bridgehead atoms. The van der Waals surface area contributed by atoms with Gasteiger partial charge in [0, 0.05) is 27.3 Å². The molecule has 0 spiro atoms. The van der Waals surface area contributed by atoms with Crippen molar-refractivity contribution in [1.29, 1.82) is 0 Å². The molecule has 0 radical (unpaired) electrons. The molecule has 0 aliphatic heterocycles. The highest BCUT2D eigenvalue weighted by molar-refractivity contribution is 6.13. The first kappa shape index (κ1) is 23.4. The van der Waals surface area contributed by atoms with Gasteiger partial charge in [0.05, 0.1) is 11.2 Å². The molecule has 3 heteroatoms. The van der Waals surface area contributed by atoms with E-state index in [2.05, 4.69) is 97.1 Å². The molecule has 0 atom stereocenters. The first-order chi connectivity index (χ1) is 20.3. The molecular formula is C38H24N2O. The molecule has 8 aromatic rings. The molecule has 8 rings (SSSR count). The number of fused-ring (bicyclic) bond motifs is 4.